The zero-order valence-corrected chi connectivity index (χ0v) is 11.7. The molecule has 1 rings (SSSR count). The molecule has 1 unspecified atom stereocenters. The third kappa shape index (κ3) is 4.16. The zero-order chi connectivity index (χ0) is 15.4. The largest absolute Gasteiger partial charge is 0.481 e. The third-order valence-electron chi connectivity index (χ3n) is 2.77. The quantitative estimate of drug-likeness (QED) is 0.822. The number of nitrogens with one attached hydrogen (secondary N) is 1. The number of benzene rings is 1. The van der Waals surface area contributed by atoms with E-state index in [1.807, 2.05) is 0 Å². The molecule has 1 atom stereocenters. The van der Waals surface area contributed by atoms with E-state index < -0.39 is 40.1 Å². The monoisotopic (exact) mass is 305 g/mol. The SMILES string of the molecule is CC(C)C(CC(=O)O)NC(=O)c1cc(F)c(Cl)cc1F. The molecular formula is C13H14ClF2NO3. The summed E-state index contributed by atoms with van der Waals surface area (Å²) in [6, 6.07) is 0.705. The highest BCUT2D eigenvalue weighted by Gasteiger charge is 2.22. The highest BCUT2D eigenvalue weighted by molar-refractivity contribution is 6.30. The van der Waals surface area contributed by atoms with E-state index in [-0.39, 0.29) is 12.3 Å². The van der Waals surface area contributed by atoms with Crippen LogP contribution in [0.25, 0.3) is 0 Å². The van der Waals surface area contributed by atoms with Crippen molar-refractivity contribution in [2.24, 2.45) is 5.92 Å². The van der Waals surface area contributed by atoms with Crippen molar-refractivity contribution in [2.75, 3.05) is 0 Å². The fourth-order valence-electron chi connectivity index (χ4n) is 1.58. The van der Waals surface area contributed by atoms with Crippen molar-refractivity contribution in [3.8, 4) is 0 Å². The van der Waals surface area contributed by atoms with Crippen LogP contribution in [0, 0.1) is 17.6 Å². The van der Waals surface area contributed by atoms with E-state index in [4.69, 9.17) is 16.7 Å². The van der Waals surface area contributed by atoms with Gasteiger partial charge in [0.1, 0.15) is 11.6 Å². The van der Waals surface area contributed by atoms with Gasteiger partial charge in [-0.2, -0.15) is 0 Å². The van der Waals surface area contributed by atoms with Gasteiger partial charge in [0.25, 0.3) is 5.91 Å². The van der Waals surface area contributed by atoms with E-state index in [1.165, 1.54) is 0 Å². The first-order chi connectivity index (χ1) is 9.22. The number of halogens is 3. The first-order valence-corrected chi connectivity index (χ1v) is 6.27. The third-order valence-corrected chi connectivity index (χ3v) is 3.06. The van der Waals surface area contributed by atoms with Crippen molar-refractivity contribution in [3.05, 3.63) is 34.4 Å². The number of hydrogen-bond donors (Lipinski definition) is 2. The minimum atomic E-state index is -1.09. The van der Waals surface area contributed by atoms with Crippen molar-refractivity contribution < 1.29 is 23.5 Å². The van der Waals surface area contributed by atoms with Gasteiger partial charge < -0.3 is 10.4 Å². The molecule has 0 aromatic heterocycles. The van der Waals surface area contributed by atoms with Crippen LogP contribution in [0.2, 0.25) is 5.02 Å². The molecule has 0 fully saturated rings. The van der Waals surface area contributed by atoms with Gasteiger partial charge in [0, 0.05) is 6.04 Å². The predicted molar refractivity (Wildman–Crippen MR) is 69.7 cm³/mol. The number of rotatable bonds is 5. The van der Waals surface area contributed by atoms with Gasteiger partial charge in [-0.25, -0.2) is 8.78 Å². The van der Waals surface area contributed by atoms with Crippen molar-refractivity contribution in [1.29, 1.82) is 0 Å². The van der Waals surface area contributed by atoms with Crippen molar-refractivity contribution >= 4 is 23.5 Å². The molecule has 0 radical (unpaired) electrons. The smallest absolute Gasteiger partial charge is 0.305 e. The average Bonchev–Trinajstić information content (AvgIpc) is 2.32. The van der Waals surface area contributed by atoms with Gasteiger partial charge in [0.15, 0.2) is 0 Å². The number of amides is 1. The van der Waals surface area contributed by atoms with Gasteiger partial charge in [0.2, 0.25) is 0 Å². The van der Waals surface area contributed by atoms with Crippen molar-refractivity contribution in [1.82, 2.24) is 5.32 Å². The molecular weight excluding hydrogens is 292 g/mol. The first-order valence-electron chi connectivity index (χ1n) is 5.89. The Morgan fingerprint density at radius 3 is 2.40 bits per heavy atom. The molecule has 0 aliphatic rings. The summed E-state index contributed by atoms with van der Waals surface area (Å²) in [5.41, 5.74) is -0.511. The number of aliphatic carboxylic acids is 1. The van der Waals surface area contributed by atoms with Crippen LogP contribution in [0.3, 0.4) is 0 Å². The summed E-state index contributed by atoms with van der Waals surface area (Å²) in [5.74, 6) is -4.02. The second kappa shape index (κ2) is 6.65. The Morgan fingerprint density at radius 2 is 1.90 bits per heavy atom. The molecule has 0 aliphatic heterocycles. The van der Waals surface area contributed by atoms with Gasteiger partial charge in [-0.1, -0.05) is 25.4 Å². The van der Waals surface area contributed by atoms with E-state index in [9.17, 15) is 18.4 Å². The van der Waals surface area contributed by atoms with Crippen molar-refractivity contribution in [2.45, 2.75) is 26.3 Å². The molecule has 20 heavy (non-hydrogen) atoms. The standard InChI is InChI=1S/C13H14ClF2NO3/c1-6(2)11(5-12(18)19)17-13(20)7-3-10(16)8(14)4-9(7)15/h3-4,6,11H,5H2,1-2H3,(H,17,20)(H,18,19). The number of hydrogen-bond acceptors (Lipinski definition) is 2. The minimum absolute atomic E-state index is 0.171. The lowest BCUT2D eigenvalue weighted by molar-refractivity contribution is -0.137. The van der Waals surface area contributed by atoms with Crippen LogP contribution in [0.15, 0.2) is 12.1 Å². The van der Waals surface area contributed by atoms with Gasteiger partial charge in [-0.15, -0.1) is 0 Å². The molecule has 1 amide bonds. The number of carbonyl (C=O) groups excluding carboxylic acids is 1. The highest BCUT2D eigenvalue weighted by atomic mass is 35.5. The lowest BCUT2D eigenvalue weighted by Crippen LogP contribution is -2.40. The summed E-state index contributed by atoms with van der Waals surface area (Å²) in [5, 5.41) is 10.7. The second-order valence-electron chi connectivity index (χ2n) is 4.67. The minimum Gasteiger partial charge on any atom is -0.481 e. The lowest BCUT2D eigenvalue weighted by atomic mass is 10.0. The Bertz CT molecular complexity index is 535. The summed E-state index contributed by atoms with van der Waals surface area (Å²) < 4.78 is 26.8. The molecule has 2 N–H and O–H groups in total. The molecule has 0 bridgehead atoms. The maximum Gasteiger partial charge on any atom is 0.305 e. The summed E-state index contributed by atoms with van der Waals surface area (Å²) in [6.45, 7) is 3.43. The Labute approximate surface area is 119 Å². The molecule has 7 heteroatoms. The van der Waals surface area contributed by atoms with E-state index in [1.54, 1.807) is 13.8 Å². The predicted octanol–water partition coefficient (Wildman–Crippen LogP) is 2.85. The summed E-state index contributed by atoms with van der Waals surface area (Å²) in [6.07, 6.45) is -0.304. The van der Waals surface area contributed by atoms with E-state index in [2.05, 4.69) is 5.32 Å². The maximum atomic E-state index is 13.6. The van der Waals surface area contributed by atoms with Gasteiger partial charge in [-0.05, 0) is 18.1 Å². The molecule has 0 saturated carbocycles. The molecule has 4 nitrogen and oxygen atoms in total. The molecule has 110 valence electrons. The van der Waals surface area contributed by atoms with Crippen LogP contribution in [0.5, 0.6) is 0 Å². The molecule has 0 heterocycles. The Balaban J connectivity index is 2.94. The summed E-state index contributed by atoms with van der Waals surface area (Å²) >= 11 is 5.39. The fraction of sp³-hybridized carbons (Fsp3) is 0.385. The van der Waals surface area contributed by atoms with Crippen LogP contribution in [-0.4, -0.2) is 23.0 Å². The second-order valence-corrected chi connectivity index (χ2v) is 5.08. The van der Waals surface area contributed by atoms with Crippen LogP contribution < -0.4 is 5.32 Å². The maximum absolute atomic E-state index is 13.6. The van der Waals surface area contributed by atoms with Gasteiger partial charge in [-0.3, -0.25) is 9.59 Å². The van der Waals surface area contributed by atoms with Crippen LogP contribution >= 0.6 is 11.6 Å². The summed E-state index contributed by atoms with van der Waals surface area (Å²) in [7, 11) is 0. The molecule has 0 saturated heterocycles. The number of carbonyl (C=O) groups is 2. The average molecular weight is 306 g/mol. The first kappa shape index (κ1) is 16.4. The van der Waals surface area contributed by atoms with E-state index in [0.717, 1.165) is 0 Å². The van der Waals surface area contributed by atoms with Gasteiger partial charge >= 0.3 is 5.97 Å². The molecule has 1 aromatic carbocycles. The lowest BCUT2D eigenvalue weighted by Gasteiger charge is -2.20. The van der Waals surface area contributed by atoms with Gasteiger partial charge in [0.05, 0.1) is 17.0 Å². The van der Waals surface area contributed by atoms with Crippen LogP contribution in [-0.2, 0) is 4.79 Å². The van der Waals surface area contributed by atoms with Crippen molar-refractivity contribution in [3.63, 3.8) is 0 Å². The molecule has 0 spiro atoms. The Morgan fingerprint density at radius 1 is 1.30 bits per heavy atom. The van der Waals surface area contributed by atoms with Crippen LogP contribution in [0.1, 0.15) is 30.6 Å². The zero-order valence-electron chi connectivity index (χ0n) is 10.9. The molecule has 0 aliphatic carbocycles. The fourth-order valence-corrected chi connectivity index (χ4v) is 1.73. The van der Waals surface area contributed by atoms with E-state index >= 15 is 0 Å². The summed E-state index contributed by atoms with van der Waals surface area (Å²) in [4.78, 5) is 22.6. The number of carboxylic acids is 1. The normalized spacial score (nSPS) is 12.3. The Hall–Kier alpha value is -1.69. The topological polar surface area (TPSA) is 66.4 Å². The van der Waals surface area contributed by atoms with Crippen LogP contribution in [0.4, 0.5) is 8.78 Å². The van der Waals surface area contributed by atoms with E-state index in [0.29, 0.717) is 12.1 Å². The molecule has 1 aromatic rings. The highest BCUT2D eigenvalue weighted by Crippen LogP contribution is 2.19. The Kier molecular flexibility index (Phi) is 5.44. The number of carboxylic acid groups (broad SMARTS) is 1.